The van der Waals surface area contributed by atoms with Crippen LogP contribution in [-0.4, -0.2) is 148 Å². The molecule has 0 unspecified atom stereocenters. The van der Waals surface area contributed by atoms with E-state index in [2.05, 4.69) is 19.9 Å². The number of nitrogens with zero attached hydrogens (tertiary/aromatic N) is 8. The fourth-order valence-corrected chi connectivity index (χ4v) is 9.27. The number of aromatic nitrogens is 4. The number of hydrogen-bond acceptors (Lipinski definition) is 20. The summed E-state index contributed by atoms with van der Waals surface area (Å²) < 4.78 is 19.5. The van der Waals surface area contributed by atoms with E-state index in [4.69, 9.17) is 18.9 Å². The topological polar surface area (TPSA) is 238 Å². The summed E-state index contributed by atoms with van der Waals surface area (Å²) in [5.74, 6) is -1.65. The predicted octanol–water partition coefficient (Wildman–Crippen LogP) is 9.14. The van der Waals surface area contributed by atoms with Crippen LogP contribution in [0.3, 0.4) is 0 Å². The van der Waals surface area contributed by atoms with Crippen molar-refractivity contribution < 1.29 is 57.3 Å². The Hall–Kier alpha value is -5.72. The van der Waals surface area contributed by atoms with Crippen molar-refractivity contribution in [3.8, 4) is 0 Å². The monoisotopic (exact) mass is 1110 g/mol. The second kappa shape index (κ2) is 32.6. The molecule has 0 aromatic carbocycles. The highest BCUT2D eigenvalue weighted by atomic mass is 32.1. The highest BCUT2D eigenvalue weighted by molar-refractivity contribution is 7.10. The molecule has 74 heavy (non-hydrogen) atoms. The number of ether oxygens (including phenoxy) is 4. The molecule has 0 aliphatic carbocycles. The summed E-state index contributed by atoms with van der Waals surface area (Å²) in [6.07, 6.45) is 0. The molecule has 0 saturated heterocycles. The molecule has 24 heteroatoms. The lowest BCUT2D eigenvalue weighted by Crippen LogP contribution is -2.46. The zero-order chi connectivity index (χ0) is 56.7. The molecule has 0 radical (unpaired) electrons. The quantitative estimate of drug-likeness (QED) is 0.0628. The summed E-state index contributed by atoms with van der Waals surface area (Å²) in [5.41, 5.74) is 1.28. The third-order valence-electron chi connectivity index (χ3n) is 10.8. The average molecular weight is 1110 g/mol. The van der Waals surface area contributed by atoms with Gasteiger partial charge < -0.3 is 38.5 Å². The van der Waals surface area contributed by atoms with Crippen LogP contribution in [0.15, 0.2) is 21.5 Å². The Labute approximate surface area is 452 Å². The predicted molar refractivity (Wildman–Crippen MR) is 288 cm³/mol. The van der Waals surface area contributed by atoms with Gasteiger partial charge in [-0.1, -0.05) is 41.5 Å². The first kappa shape index (κ1) is 66.3. The molecule has 0 spiro atoms. The number of amides is 4. The number of esters is 4. The summed E-state index contributed by atoms with van der Waals surface area (Å²) in [4.78, 5) is 117. The maximum absolute atomic E-state index is 12.5. The first-order chi connectivity index (χ1) is 34.6. The van der Waals surface area contributed by atoms with Crippen LogP contribution in [0.1, 0.15) is 190 Å². The fraction of sp³-hybridized carbons (Fsp3) is 0.600. The van der Waals surface area contributed by atoms with E-state index in [0.717, 1.165) is 15.0 Å². The smallest absolute Gasteiger partial charge is 0.357 e. The minimum atomic E-state index is -0.565. The molecular formula is C50H76N8O12S4. The molecule has 4 aromatic rings. The van der Waals surface area contributed by atoms with Crippen molar-refractivity contribution in [2.24, 2.45) is 11.8 Å². The summed E-state index contributed by atoms with van der Waals surface area (Å²) >= 11 is 5.52. The van der Waals surface area contributed by atoms with Crippen LogP contribution in [0.2, 0.25) is 0 Å². The second-order valence-electron chi connectivity index (χ2n) is 17.3. The van der Waals surface area contributed by atoms with Gasteiger partial charge in [0.25, 0.3) is 0 Å². The van der Waals surface area contributed by atoms with Gasteiger partial charge in [0.1, 0.15) is 21.1 Å². The summed E-state index contributed by atoms with van der Waals surface area (Å²) in [6, 6.07) is -1.17. The number of carbonyl (C=O) groups is 8. The van der Waals surface area contributed by atoms with E-state index < -0.39 is 23.9 Å². The molecule has 0 saturated carbocycles. The Morgan fingerprint density at radius 1 is 0.419 bits per heavy atom. The van der Waals surface area contributed by atoms with Gasteiger partial charge in [0, 0.05) is 74.4 Å². The number of rotatable bonds is 19. The molecule has 0 bridgehead atoms. The maximum atomic E-state index is 12.5. The summed E-state index contributed by atoms with van der Waals surface area (Å²) in [7, 11) is 6.74. The molecule has 4 rings (SSSR count). The third-order valence-corrected chi connectivity index (χ3v) is 15.0. The fourth-order valence-electron chi connectivity index (χ4n) is 5.80. The first-order valence-electron chi connectivity index (χ1n) is 24.1. The van der Waals surface area contributed by atoms with Gasteiger partial charge in [-0.15, -0.1) is 45.3 Å². The van der Waals surface area contributed by atoms with Gasteiger partial charge >= 0.3 is 23.9 Å². The van der Waals surface area contributed by atoms with Crippen LogP contribution >= 0.6 is 45.3 Å². The number of carbonyl (C=O) groups excluding carboxylic acids is 8. The van der Waals surface area contributed by atoms with Crippen LogP contribution < -0.4 is 0 Å². The summed E-state index contributed by atoms with van der Waals surface area (Å²) in [6.45, 7) is 28.6. The van der Waals surface area contributed by atoms with E-state index in [0.29, 0.717) is 47.8 Å². The Balaban J connectivity index is 0.000000501. The zero-order valence-corrected chi connectivity index (χ0v) is 49.6. The van der Waals surface area contributed by atoms with Gasteiger partial charge in [0.2, 0.25) is 23.6 Å². The maximum Gasteiger partial charge on any atom is 0.357 e. The van der Waals surface area contributed by atoms with Crippen LogP contribution in [0.25, 0.3) is 0 Å². The third kappa shape index (κ3) is 20.2. The zero-order valence-electron chi connectivity index (χ0n) is 46.3. The highest BCUT2D eigenvalue weighted by Gasteiger charge is 2.29. The lowest BCUT2D eigenvalue weighted by Gasteiger charge is -2.30. The van der Waals surface area contributed by atoms with Crippen molar-refractivity contribution in [1.82, 2.24) is 39.5 Å². The normalized spacial score (nSPS) is 12.2. The van der Waals surface area contributed by atoms with Gasteiger partial charge in [-0.2, -0.15) is 0 Å². The van der Waals surface area contributed by atoms with E-state index in [1.54, 1.807) is 94.1 Å². The molecule has 4 heterocycles. The number of likely N-dealkylation sites (N-methyl/N-ethyl adjacent to an activating group) is 2. The molecule has 0 fully saturated rings. The van der Waals surface area contributed by atoms with Crippen molar-refractivity contribution in [3.05, 3.63) is 64.3 Å². The van der Waals surface area contributed by atoms with Crippen molar-refractivity contribution in [2.75, 3.05) is 54.6 Å². The van der Waals surface area contributed by atoms with Crippen molar-refractivity contribution >= 4 is 92.9 Å². The van der Waals surface area contributed by atoms with Gasteiger partial charge in [-0.05, 0) is 55.4 Å². The van der Waals surface area contributed by atoms with Gasteiger partial charge in [-0.3, -0.25) is 19.2 Å². The Morgan fingerprint density at radius 2 is 0.662 bits per heavy atom. The second-order valence-corrected chi connectivity index (χ2v) is 20.9. The highest BCUT2D eigenvalue weighted by Crippen LogP contribution is 2.27. The van der Waals surface area contributed by atoms with Gasteiger partial charge in [0.05, 0.1) is 49.6 Å². The molecule has 4 amide bonds. The molecule has 412 valence electrons. The van der Waals surface area contributed by atoms with Crippen LogP contribution in [0.4, 0.5) is 0 Å². The largest absolute Gasteiger partial charge is 0.461 e. The molecule has 4 aromatic heterocycles. The van der Waals surface area contributed by atoms with Crippen LogP contribution in [-0.2, 0) is 38.1 Å². The van der Waals surface area contributed by atoms with Crippen molar-refractivity contribution in [3.63, 3.8) is 0 Å². The standard InChI is InChI=1S/C15H23N3O4S.2C13H20N2O3S.C9H13NO2S/c1-7-22-15(21)12-8-23-13(16-12)9(2)18(6)14(20)10(3)17(5)11(4)19;2*1-6-18-13(17)10-7-19-11(14-10)9(4)15(5)12(16)8(2)3;1-4-12-9(11)7-5-13-8(10-7)6(2)3/h8-10H,7H2,1-6H3;2*7-9H,6H2,1-5H3;5-6H,4H2,1-3H3/t9-,10-;2*9-;/m000./s1. The average Bonchev–Trinajstić information content (AvgIpc) is 4.23. The Morgan fingerprint density at radius 3 is 0.878 bits per heavy atom. The lowest BCUT2D eigenvalue weighted by atomic mass is 10.1. The van der Waals surface area contributed by atoms with Gasteiger partial charge in [-0.25, -0.2) is 39.1 Å². The SMILES string of the molecule is CCOC(=O)c1csc(C(C)C)n1.CCOC(=O)c1csc([C@H](C)N(C)C(=O)C(C)C)n1.CCOC(=O)c1csc([C@H](C)N(C)C(=O)C(C)C)n1.CCOC(=O)c1csc([C@H](C)N(C)C(=O)[C@H](C)N(C)C(C)=O)n1. The molecule has 0 aliphatic rings. The van der Waals surface area contributed by atoms with E-state index in [1.165, 1.54) is 62.1 Å². The molecule has 4 atom stereocenters. The minimum Gasteiger partial charge on any atom is -0.461 e. The molecule has 0 N–H and O–H groups in total. The van der Waals surface area contributed by atoms with E-state index in [-0.39, 0.29) is 71.9 Å². The number of thiazole rings is 4. The van der Waals surface area contributed by atoms with Crippen LogP contribution in [0, 0.1) is 11.8 Å². The number of hydrogen-bond donors (Lipinski definition) is 0. The minimum absolute atomic E-state index is 0.0559. The van der Waals surface area contributed by atoms with E-state index in [1.807, 2.05) is 62.3 Å². The molecule has 0 aliphatic heterocycles. The molecular weight excluding hydrogens is 1030 g/mol. The van der Waals surface area contributed by atoms with E-state index >= 15 is 0 Å². The van der Waals surface area contributed by atoms with E-state index in [9.17, 15) is 38.4 Å². The van der Waals surface area contributed by atoms with Crippen molar-refractivity contribution in [2.45, 2.75) is 134 Å². The van der Waals surface area contributed by atoms with Crippen molar-refractivity contribution in [1.29, 1.82) is 0 Å². The summed E-state index contributed by atoms with van der Waals surface area (Å²) in [5, 5.41) is 9.78. The molecule has 20 nitrogen and oxygen atoms in total. The first-order valence-corrected chi connectivity index (χ1v) is 27.7. The van der Waals surface area contributed by atoms with Gasteiger partial charge in [0.15, 0.2) is 22.8 Å². The lowest BCUT2D eigenvalue weighted by molar-refractivity contribution is -0.143. The Kier molecular flexibility index (Phi) is 29.2. The van der Waals surface area contributed by atoms with Crippen LogP contribution in [0.5, 0.6) is 0 Å². The Bertz CT molecular complexity index is 2360.